The molecule has 2 nitrogen and oxygen atoms in total. The monoisotopic (exact) mass is 262 g/mol. The molecule has 1 unspecified atom stereocenters. The molecule has 108 valence electrons. The van der Waals surface area contributed by atoms with Crippen LogP contribution in [0.15, 0.2) is 18.6 Å². The van der Waals surface area contributed by atoms with E-state index in [1.54, 1.807) is 6.33 Å². The van der Waals surface area contributed by atoms with Crippen LogP contribution in [0.2, 0.25) is 0 Å². The molecule has 0 N–H and O–H groups in total. The van der Waals surface area contributed by atoms with Crippen molar-refractivity contribution in [3.05, 3.63) is 24.3 Å². The second-order valence-corrected chi connectivity index (χ2v) is 5.92. The Hall–Kier alpha value is -0.920. The van der Waals surface area contributed by atoms with E-state index in [1.165, 1.54) is 63.5 Å². The predicted octanol–water partition coefficient (Wildman–Crippen LogP) is 5.29. The van der Waals surface area contributed by atoms with Gasteiger partial charge in [0.2, 0.25) is 0 Å². The van der Waals surface area contributed by atoms with Crippen LogP contribution >= 0.6 is 0 Å². The van der Waals surface area contributed by atoms with Crippen molar-refractivity contribution in [1.82, 2.24) is 9.97 Å². The molecule has 0 aliphatic rings. The molecule has 1 aromatic rings. The largest absolute Gasteiger partial charge is 0.245 e. The Kier molecular flexibility index (Phi) is 7.69. The molecule has 1 aromatic heterocycles. The molecular formula is C17H30N2. The maximum atomic E-state index is 4.52. The Bertz CT molecular complexity index is 323. The lowest BCUT2D eigenvalue weighted by Gasteiger charge is -2.29. The quantitative estimate of drug-likeness (QED) is 0.536. The van der Waals surface area contributed by atoms with E-state index < -0.39 is 0 Å². The fraction of sp³-hybridized carbons (Fsp3) is 0.765. The van der Waals surface area contributed by atoms with Crippen LogP contribution in [0.25, 0.3) is 0 Å². The van der Waals surface area contributed by atoms with Crippen LogP contribution < -0.4 is 0 Å². The Morgan fingerprint density at radius 3 is 2.16 bits per heavy atom. The van der Waals surface area contributed by atoms with Crippen molar-refractivity contribution in [1.29, 1.82) is 0 Å². The molecule has 0 radical (unpaired) electrons. The number of aromatic nitrogens is 2. The smallest absolute Gasteiger partial charge is 0.115 e. The summed E-state index contributed by atoms with van der Waals surface area (Å²) in [6.07, 6.45) is 15.3. The average molecular weight is 262 g/mol. The van der Waals surface area contributed by atoms with Crippen LogP contribution in [0.4, 0.5) is 0 Å². The highest BCUT2D eigenvalue weighted by Crippen LogP contribution is 2.33. The number of unbranched alkanes of at least 4 members (excludes halogenated alkanes) is 5. The van der Waals surface area contributed by atoms with Gasteiger partial charge in [-0.25, -0.2) is 9.97 Å². The van der Waals surface area contributed by atoms with Gasteiger partial charge in [0, 0.05) is 17.3 Å². The molecule has 0 saturated carbocycles. The van der Waals surface area contributed by atoms with Gasteiger partial charge in [-0.3, -0.25) is 0 Å². The zero-order valence-corrected chi connectivity index (χ0v) is 13.0. The van der Waals surface area contributed by atoms with Gasteiger partial charge in [0.05, 0.1) is 0 Å². The van der Waals surface area contributed by atoms with Gasteiger partial charge in [0.15, 0.2) is 0 Å². The third-order valence-electron chi connectivity index (χ3n) is 4.11. The Morgan fingerprint density at radius 2 is 1.58 bits per heavy atom. The van der Waals surface area contributed by atoms with Crippen molar-refractivity contribution < 1.29 is 0 Å². The van der Waals surface area contributed by atoms with Crippen LogP contribution in [-0.4, -0.2) is 9.97 Å². The number of hydrogen-bond donors (Lipinski definition) is 0. The molecule has 1 heterocycles. The standard InChI is InChI=1S/C17H30N2/c1-4-6-8-10-13-17(3,12-9-7-5-2)16-11-14-18-15-19-16/h11,14-15H,4-10,12-13H2,1-3H3. The van der Waals surface area contributed by atoms with Gasteiger partial charge in [0.25, 0.3) is 0 Å². The lowest BCUT2D eigenvalue weighted by Crippen LogP contribution is -2.23. The molecule has 0 fully saturated rings. The third-order valence-corrected chi connectivity index (χ3v) is 4.11. The topological polar surface area (TPSA) is 25.8 Å². The fourth-order valence-electron chi connectivity index (χ4n) is 2.74. The highest BCUT2D eigenvalue weighted by Gasteiger charge is 2.26. The molecule has 0 aliphatic heterocycles. The van der Waals surface area contributed by atoms with E-state index in [0.29, 0.717) is 0 Å². The molecule has 19 heavy (non-hydrogen) atoms. The predicted molar refractivity (Wildman–Crippen MR) is 82.3 cm³/mol. The lowest BCUT2D eigenvalue weighted by molar-refractivity contribution is 0.356. The molecule has 2 heteroatoms. The summed E-state index contributed by atoms with van der Waals surface area (Å²) in [5, 5.41) is 0. The van der Waals surface area contributed by atoms with E-state index in [9.17, 15) is 0 Å². The first-order valence-corrected chi connectivity index (χ1v) is 7.99. The van der Waals surface area contributed by atoms with E-state index in [0.717, 1.165) is 0 Å². The molecule has 1 atom stereocenters. The van der Waals surface area contributed by atoms with E-state index in [-0.39, 0.29) is 5.41 Å². The summed E-state index contributed by atoms with van der Waals surface area (Å²) in [5.74, 6) is 0. The summed E-state index contributed by atoms with van der Waals surface area (Å²) in [5.41, 5.74) is 1.47. The van der Waals surface area contributed by atoms with Crippen LogP contribution in [0.5, 0.6) is 0 Å². The summed E-state index contributed by atoms with van der Waals surface area (Å²) in [6, 6.07) is 2.10. The average Bonchev–Trinajstić information content (AvgIpc) is 2.45. The van der Waals surface area contributed by atoms with Crippen LogP contribution in [0.1, 0.15) is 84.3 Å². The molecule has 0 amide bonds. The normalized spacial score (nSPS) is 14.3. The van der Waals surface area contributed by atoms with E-state index in [4.69, 9.17) is 0 Å². The highest BCUT2D eigenvalue weighted by molar-refractivity contribution is 5.13. The van der Waals surface area contributed by atoms with Crippen molar-refractivity contribution in [2.45, 2.75) is 84.0 Å². The minimum Gasteiger partial charge on any atom is -0.245 e. The molecular weight excluding hydrogens is 232 g/mol. The first-order valence-electron chi connectivity index (χ1n) is 7.99. The zero-order valence-electron chi connectivity index (χ0n) is 13.0. The van der Waals surface area contributed by atoms with E-state index in [2.05, 4.69) is 36.8 Å². The number of rotatable bonds is 10. The van der Waals surface area contributed by atoms with Gasteiger partial charge in [-0.05, 0) is 18.9 Å². The molecule has 0 aromatic carbocycles. The van der Waals surface area contributed by atoms with Gasteiger partial charge in [-0.1, -0.05) is 65.7 Å². The summed E-state index contributed by atoms with van der Waals surface area (Å²) >= 11 is 0. The molecule has 0 aliphatic carbocycles. The Balaban J connectivity index is 2.61. The SMILES string of the molecule is CCCCCCC(C)(CCCCC)c1ccncn1. The van der Waals surface area contributed by atoms with E-state index >= 15 is 0 Å². The summed E-state index contributed by atoms with van der Waals surface area (Å²) in [7, 11) is 0. The van der Waals surface area contributed by atoms with Crippen molar-refractivity contribution >= 4 is 0 Å². The first-order chi connectivity index (χ1) is 9.23. The summed E-state index contributed by atoms with van der Waals surface area (Å²) in [4.78, 5) is 8.57. The molecule has 1 rings (SSSR count). The molecule has 0 bridgehead atoms. The first kappa shape index (κ1) is 16.1. The van der Waals surface area contributed by atoms with Gasteiger partial charge < -0.3 is 0 Å². The molecule has 0 saturated heterocycles. The second kappa shape index (κ2) is 9.06. The molecule has 0 spiro atoms. The Morgan fingerprint density at radius 1 is 0.947 bits per heavy atom. The van der Waals surface area contributed by atoms with Crippen molar-refractivity contribution in [3.63, 3.8) is 0 Å². The van der Waals surface area contributed by atoms with Gasteiger partial charge in [0.1, 0.15) is 6.33 Å². The highest BCUT2D eigenvalue weighted by atomic mass is 14.8. The maximum absolute atomic E-state index is 4.52. The van der Waals surface area contributed by atoms with Crippen LogP contribution in [0, 0.1) is 0 Å². The second-order valence-electron chi connectivity index (χ2n) is 5.92. The van der Waals surface area contributed by atoms with E-state index in [1.807, 2.05) is 6.20 Å². The van der Waals surface area contributed by atoms with Crippen LogP contribution in [-0.2, 0) is 5.41 Å². The van der Waals surface area contributed by atoms with Crippen molar-refractivity contribution in [2.24, 2.45) is 0 Å². The minimum absolute atomic E-state index is 0.242. The summed E-state index contributed by atoms with van der Waals surface area (Å²) < 4.78 is 0. The van der Waals surface area contributed by atoms with Crippen LogP contribution in [0.3, 0.4) is 0 Å². The summed E-state index contributed by atoms with van der Waals surface area (Å²) in [6.45, 7) is 6.92. The fourth-order valence-corrected chi connectivity index (χ4v) is 2.74. The van der Waals surface area contributed by atoms with Gasteiger partial charge >= 0.3 is 0 Å². The van der Waals surface area contributed by atoms with Gasteiger partial charge in [-0.2, -0.15) is 0 Å². The maximum Gasteiger partial charge on any atom is 0.115 e. The third kappa shape index (κ3) is 5.71. The minimum atomic E-state index is 0.242. The van der Waals surface area contributed by atoms with Crippen molar-refractivity contribution in [3.8, 4) is 0 Å². The Labute approximate surface area is 119 Å². The number of hydrogen-bond acceptors (Lipinski definition) is 2. The lowest BCUT2D eigenvalue weighted by atomic mass is 9.77. The number of nitrogens with zero attached hydrogens (tertiary/aromatic N) is 2. The van der Waals surface area contributed by atoms with Gasteiger partial charge in [-0.15, -0.1) is 0 Å². The van der Waals surface area contributed by atoms with Crippen molar-refractivity contribution in [2.75, 3.05) is 0 Å². The zero-order chi connectivity index (χ0) is 14.0.